The van der Waals surface area contributed by atoms with Gasteiger partial charge >= 0.3 is 0 Å². The first-order chi connectivity index (χ1) is 17.0. The summed E-state index contributed by atoms with van der Waals surface area (Å²) in [5.41, 5.74) is 1.56. The minimum absolute atomic E-state index is 0.124. The first-order valence-electron chi connectivity index (χ1n) is 11.2. The number of anilines is 3. The molecule has 0 saturated carbocycles. The zero-order valence-corrected chi connectivity index (χ0v) is 19.5. The predicted molar refractivity (Wildman–Crippen MR) is 132 cm³/mol. The lowest BCUT2D eigenvalue weighted by Gasteiger charge is -2.23. The van der Waals surface area contributed by atoms with E-state index in [1.165, 1.54) is 23.5 Å². The zero-order chi connectivity index (χ0) is 24.2. The fourth-order valence-electron chi connectivity index (χ4n) is 3.77. The minimum atomic E-state index is -0.611. The zero-order valence-electron chi connectivity index (χ0n) is 18.6. The maximum Gasteiger partial charge on any atom is 0.253 e. The number of hydrogen-bond acceptors (Lipinski definition) is 8. The molecule has 1 saturated heterocycles. The summed E-state index contributed by atoms with van der Waals surface area (Å²) in [6, 6.07) is 10.7. The van der Waals surface area contributed by atoms with Gasteiger partial charge in [0.2, 0.25) is 0 Å². The van der Waals surface area contributed by atoms with Crippen molar-refractivity contribution in [3.63, 3.8) is 0 Å². The number of benzene rings is 1. The second kappa shape index (κ2) is 10.3. The van der Waals surface area contributed by atoms with Gasteiger partial charge in [-0.25, -0.2) is 23.7 Å². The van der Waals surface area contributed by atoms with E-state index in [0.29, 0.717) is 38.2 Å². The van der Waals surface area contributed by atoms with Gasteiger partial charge in [-0.3, -0.25) is 4.79 Å². The third-order valence-corrected chi connectivity index (χ3v) is 6.55. The largest absolute Gasteiger partial charge is 0.366 e. The second-order valence-electron chi connectivity index (χ2n) is 8.18. The summed E-state index contributed by atoms with van der Waals surface area (Å²) in [6.45, 7) is 2.00. The Kier molecular flexibility index (Phi) is 6.77. The van der Waals surface area contributed by atoms with Crippen molar-refractivity contribution in [1.29, 1.82) is 0 Å². The van der Waals surface area contributed by atoms with E-state index in [1.807, 2.05) is 6.07 Å². The highest BCUT2D eigenvalue weighted by Gasteiger charge is 2.16. The maximum atomic E-state index is 13.8. The van der Waals surface area contributed by atoms with Crippen LogP contribution in [0.4, 0.5) is 25.5 Å². The molecule has 1 fully saturated rings. The van der Waals surface area contributed by atoms with E-state index >= 15 is 0 Å². The van der Waals surface area contributed by atoms with Gasteiger partial charge < -0.3 is 21.3 Å². The van der Waals surface area contributed by atoms with Gasteiger partial charge in [-0.2, -0.15) is 0 Å². The summed E-state index contributed by atoms with van der Waals surface area (Å²) in [6.07, 6.45) is 3.39. The van der Waals surface area contributed by atoms with Gasteiger partial charge in [-0.1, -0.05) is 17.4 Å². The summed E-state index contributed by atoms with van der Waals surface area (Å²) in [7, 11) is 0. The predicted octanol–water partition coefficient (Wildman–Crippen LogP) is 4.20. The average Bonchev–Trinajstić information content (AvgIpc) is 3.26. The van der Waals surface area contributed by atoms with Gasteiger partial charge in [0.05, 0.1) is 5.56 Å². The highest BCUT2D eigenvalue weighted by molar-refractivity contribution is 7.21. The molecule has 0 bridgehead atoms. The van der Waals surface area contributed by atoms with Crippen LogP contribution >= 0.6 is 11.3 Å². The number of amides is 1. The van der Waals surface area contributed by atoms with E-state index in [0.717, 1.165) is 32.0 Å². The lowest BCUT2D eigenvalue weighted by atomic mass is 10.1. The van der Waals surface area contributed by atoms with Crippen LogP contribution in [0.3, 0.4) is 0 Å². The molecule has 0 spiro atoms. The van der Waals surface area contributed by atoms with Gasteiger partial charge in [0.15, 0.2) is 5.13 Å². The van der Waals surface area contributed by atoms with Crippen LogP contribution in [0.25, 0.3) is 10.3 Å². The minimum Gasteiger partial charge on any atom is -0.366 e. The van der Waals surface area contributed by atoms with Crippen molar-refractivity contribution >= 4 is 44.4 Å². The Bertz CT molecular complexity index is 1340. The number of carbonyl (C=O) groups excluding carboxylic acids is 1. The molecule has 11 heteroatoms. The Hall–Kier alpha value is -3.70. The number of nitrogens with zero attached hydrogens (tertiary/aromatic N) is 3. The van der Waals surface area contributed by atoms with Crippen LogP contribution in [0.1, 0.15) is 28.8 Å². The van der Waals surface area contributed by atoms with E-state index in [1.54, 1.807) is 24.4 Å². The molecule has 0 atom stereocenters. The Morgan fingerprint density at radius 1 is 1.06 bits per heavy atom. The van der Waals surface area contributed by atoms with Crippen LogP contribution in [-0.2, 0) is 6.54 Å². The maximum absolute atomic E-state index is 13.8. The van der Waals surface area contributed by atoms with Crippen molar-refractivity contribution in [3.8, 4) is 0 Å². The van der Waals surface area contributed by atoms with Gasteiger partial charge in [-0.15, -0.1) is 0 Å². The van der Waals surface area contributed by atoms with Crippen molar-refractivity contribution in [1.82, 2.24) is 25.6 Å². The monoisotopic (exact) mass is 495 g/mol. The van der Waals surface area contributed by atoms with Crippen molar-refractivity contribution in [2.24, 2.45) is 0 Å². The van der Waals surface area contributed by atoms with E-state index in [2.05, 4.69) is 36.2 Å². The van der Waals surface area contributed by atoms with Gasteiger partial charge in [-0.05, 0) is 56.3 Å². The molecule has 4 heterocycles. The Morgan fingerprint density at radius 3 is 2.66 bits per heavy atom. The highest BCUT2D eigenvalue weighted by atomic mass is 32.1. The summed E-state index contributed by atoms with van der Waals surface area (Å²) in [5, 5.41) is 13.1. The quantitative estimate of drug-likeness (QED) is 0.305. The van der Waals surface area contributed by atoms with Crippen molar-refractivity contribution in [3.05, 3.63) is 71.4 Å². The summed E-state index contributed by atoms with van der Waals surface area (Å²) in [4.78, 5) is 26.5. The highest BCUT2D eigenvalue weighted by Crippen LogP contribution is 2.28. The van der Waals surface area contributed by atoms with E-state index < -0.39 is 11.6 Å². The number of thiazole rings is 1. The number of fused-ring (bicyclic) bond motifs is 1. The molecule has 4 aromatic rings. The Labute approximate surface area is 204 Å². The smallest absolute Gasteiger partial charge is 0.253 e. The Morgan fingerprint density at radius 2 is 1.89 bits per heavy atom. The lowest BCUT2D eigenvalue weighted by molar-refractivity contribution is 0.0929. The lowest BCUT2D eigenvalue weighted by Crippen LogP contribution is -2.42. The summed E-state index contributed by atoms with van der Waals surface area (Å²) < 4.78 is 26.9. The number of halogens is 2. The number of piperidine rings is 1. The fraction of sp³-hybridized carbons (Fsp3) is 0.250. The van der Waals surface area contributed by atoms with Crippen LogP contribution in [0.2, 0.25) is 0 Å². The van der Waals surface area contributed by atoms with Crippen molar-refractivity contribution in [2.75, 3.05) is 23.7 Å². The normalized spacial score (nSPS) is 14.1. The van der Waals surface area contributed by atoms with Gasteiger partial charge in [0.25, 0.3) is 5.91 Å². The number of carbonyl (C=O) groups is 1. The third-order valence-electron chi connectivity index (χ3n) is 5.67. The number of aromatic nitrogens is 3. The third kappa shape index (κ3) is 5.69. The molecule has 180 valence electrons. The molecule has 8 nitrogen and oxygen atoms in total. The molecule has 1 amide bonds. The number of rotatable bonds is 7. The molecule has 5 rings (SSSR count). The van der Waals surface area contributed by atoms with E-state index in [-0.39, 0.29) is 18.5 Å². The van der Waals surface area contributed by atoms with Crippen molar-refractivity contribution in [2.45, 2.75) is 25.4 Å². The van der Waals surface area contributed by atoms with Crippen LogP contribution in [0, 0.1) is 11.6 Å². The van der Waals surface area contributed by atoms with Crippen LogP contribution < -0.4 is 21.3 Å². The molecular formula is C24H23F2N7OS. The molecule has 0 unspecified atom stereocenters. The summed E-state index contributed by atoms with van der Waals surface area (Å²) >= 11 is 1.34. The van der Waals surface area contributed by atoms with E-state index in [9.17, 15) is 13.6 Å². The van der Waals surface area contributed by atoms with Crippen molar-refractivity contribution < 1.29 is 13.6 Å². The van der Waals surface area contributed by atoms with Crippen LogP contribution in [0.5, 0.6) is 0 Å². The summed E-state index contributed by atoms with van der Waals surface area (Å²) in [5.74, 6) is -0.225. The van der Waals surface area contributed by atoms with E-state index in [4.69, 9.17) is 0 Å². The molecule has 1 aliphatic heterocycles. The van der Waals surface area contributed by atoms with Crippen LogP contribution in [0.15, 0.2) is 48.7 Å². The Balaban J connectivity index is 1.21. The second-order valence-corrected chi connectivity index (χ2v) is 9.16. The standard InChI is InChI=1S/C24H23F2N7OS/c25-16-3-1-14(18(26)11-16)12-28-20-6-4-19-23(32-20)35-24(31-19)33-21-5-2-15(13-29-21)22(34)30-17-7-9-27-10-8-17/h1-6,11,13,17,27H,7-10,12H2,(H,28,32)(H,30,34)(H,29,31,33). The molecule has 1 aromatic carbocycles. The molecule has 0 radical (unpaired) electrons. The number of nitrogens with one attached hydrogen (secondary N) is 4. The number of pyridine rings is 2. The SMILES string of the molecule is O=C(NC1CCNCC1)c1ccc(Nc2nc3ccc(NCc4ccc(F)cc4F)nc3s2)nc1. The molecule has 4 N–H and O–H groups in total. The first kappa shape index (κ1) is 23.1. The molecular weight excluding hydrogens is 472 g/mol. The molecule has 3 aromatic heterocycles. The fourth-order valence-corrected chi connectivity index (χ4v) is 4.61. The topological polar surface area (TPSA) is 104 Å². The molecule has 0 aliphatic carbocycles. The molecule has 1 aliphatic rings. The average molecular weight is 496 g/mol. The first-order valence-corrected chi connectivity index (χ1v) is 12.1. The van der Waals surface area contributed by atoms with Crippen LogP contribution in [-0.4, -0.2) is 40.0 Å². The molecule has 35 heavy (non-hydrogen) atoms. The van der Waals surface area contributed by atoms with Gasteiger partial charge in [0, 0.05) is 30.4 Å². The number of hydrogen-bond donors (Lipinski definition) is 4. The van der Waals surface area contributed by atoms with Gasteiger partial charge in [0.1, 0.15) is 33.6 Å².